The molecule has 4 heteroatoms. The first-order valence-corrected chi connectivity index (χ1v) is 9.45. The zero-order chi connectivity index (χ0) is 21.0. The van der Waals surface area contributed by atoms with Crippen molar-refractivity contribution in [1.82, 2.24) is 0 Å². The number of aliphatic hydroxyl groups is 1. The highest BCUT2D eigenvalue weighted by Gasteiger charge is 2.41. The van der Waals surface area contributed by atoms with Gasteiger partial charge in [-0.15, -0.1) is 0 Å². The van der Waals surface area contributed by atoms with Crippen LogP contribution in [0.4, 0.5) is 0 Å². The number of ether oxygens (including phenoxy) is 1. The van der Waals surface area contributed by atoms with E-state index in [4.69, 9.17) is 4.74 Å². The molecule has 0 atom stereocenters. The van der Waals surface area contributed by atoms with Gasteiger partial charge in [0.2, 0.25) is 11.4 Å². The Bertz CT molecular complexity index is 984. The van der Waals surface area contributed by atoms with E-state index < -0.39 is 18.2 Å². The van der Waals surface area contributed by atoms with E-state index >= 15 is 0 Å². The molecule has 0 radical (unpaired) electrons. The number of rotatable bonds is 6. The van der Waals surface area contributed by atoms with E-state index in [9.17, 15) is 14.7 Å². The Morgan fingerprint density at radius 2 is 1.28 bits per heavy atom. The van der Waals surface area contributed by atoms with E-state index in [1.54, 1.807) is 66.7 Å². The van der Waals surface area contributed by atoms with Crippen LogP contribution in [-0.4, -0.2) is 23.5 Å². The first-order chi connectivity index (χ1) is 13.8. The van der Waals surface area contributed by atoms with Gasteiger partial charge in [-0.05, 0) is 54.7 Å². The summed E-state index contributed by atoms with van der Waals surface area (Å²) in [6.45, 7) is 5.33. The number of carbonyl (C=O) groups excluding carboxylic acids is 2. The van der Waals surface area contributed by atoms with E-state index in [0.29, 0.717) is 16.7 Å². The Morgan fingerprint density at radius 1 is 0.793 bits per heavy atom. The number of benzene rings is 3. The van der Waals surface area contributed by atoms with E-state index in [1.807, 2.05) is 26.8 Å². The minimum absolute atomic E-state index is 0.303. The molecule has 0 heterocycles. The summed E-state index contributed by atoms with van der Waals surface area (Å²) in [5.41, 5.74) is 2.20. The number of ketones is 1. The predicted molar refractivity (Wildman–Crippen MR) is 112 cm³/mol. The standard InChI is InChI=1S/C25H24O4/c1-17-14-19(3)22(15-18(17)2)23(26)16-29-24(27)25(28,20-10-6-4-7-11-20)21-12-8-5-9-13-21/h4-15,28H,16H2,1-3H3. The highest BCUT2D eigenvalue weighted by molar-refractivity contribution is 6.00. The van der Waals surface area contributed by atoms with E-state index in [1.165, 1.54) is 0 Å². The van der Waals surface area contributed by atoms with Crippen LogP contribution in [0, 0.1) is 20.8 Å². The zero-order valence-corrected chi connectivity index (χ0v) is 16.8. The van der Waals surface area contributed by atoms with Crippen molar-refractivity contribution in [3.8, 4) is 0 Å². The molecule has 0 amide bonds. The third kappa shape index (κ3) is 4.13. The van der Waals surface area contributed by atoms with Crippen LogP contribution in [0.2, 0.25) is 0 Å². The minimum Gasteiger partial charge on any atom is -0.455 e. The summed E-state index contributed by atoms with van der Waals surface area (Å²) in [7, 11) is 0. The van der Waals surface area contributed by atoms with Crippen LogP contribution in [0.5, 0.6) is 0 Å². The number of aryl methyl sites for hydroxylation is 3. The zero-order valence-electron chi connectivity index (χ0n) is 16.8. The summed E-state index contributed by atoms with van der Waals surface area (Å²) in [5.74, 6) is -1.19. The molecule has 0 aliphatic heterocycles. The van der Waals surface area contributed by atoms with Crippen molar-refractivity contribution < 1.29 is 19.4 Å². The molecule has 1 N–H and O–H groups in total. The van der Waals surface area contributed by atoms with Gasteiger partial charge in [0.05, 0.1) is 0 Å². The first-order valence-electron chi connectivity index (χ1n) is 9.45. The van der Waals surface area contributed by atoms with Crippen LogP contribution in [0.25, 0.3) is 0 Å². The summed E-state index contributed by atoms with van der Waals surface area (Å²) < 4.78 is 5.32. The Morgan fingerprint density at radius 3 is 1.79 bits per heavy atom. The van der Waals surface area contributed by atoms with Gasteiger partial charge in [0, 0.05) is 5.56 Å². The van der Waals surface area contributed by atoms with Crippen molar-refractivity contribution in [3.05, 3.63) is 106 Å². The van der Waals surface area contributed by atoms with Gasteiger partial charge in [-0.2, -0.15) is 0 Å². The minimum atomic E-state index is -2.00. The second-order valence-electron chi connectivity index (χ2n) is 7.19. The van der Waals surface area contributed by atoms with Crippen molar-refractivity contribution in [2.75, 3.05) is 6.61 Å². The van der Waals surface area contributed by atoms with Crippen LogP contribution in [0.3, 0.4) is 0 Å². The maximum absolute atomic E-state index is 13.0. The van der Waals surface area contributed by atoms with Crippen molar-refractivity contribution >= 4 is 11.8 Å². The monoisotopic (exact) mass is 388 g/mol. The Hall–Kier alpha value is -3.24. The maximum Gasteiger partial charge on any atom is 0.348 e. The van der Waals surface area contributed by atoms with Crippen molar-refractivity contribution in [1.29, 1.82) is 0 Å². The lowest BCUT2D eigenvalue weighted by Crippen LogP contribution is -2.39. The molecule has 0 aliphatic carbocycles. The molecule has 0 aromatic heterocycles. The third-order valence-corrected chi connectivity index (χ3v) is 5.15. The van der Waals surface area contributed by atoms with E-state index in [2.05, 4.69) is 0 Å². The number of esters is 1. The average Bonchev–Trinajstić information content (AvgIpc) is 2.75. The normalized spacial score (nSPS) is 11.2. The summed E-state index contributed by atoms with van der Waals surface area (Å²) in [6.07, 6.45) is 0. The van der Waals surface area contributed by atoms with Crippen LogP contribution < -0.4 is 0 Å². The van der Waals surface area contributed by atoms with Gasteiger partial charge in [0.25, 0.3) is 0 Å². The summed E-state index contributed by atoms with van der Waals surface area (Å²) in [6, 6.07) is 20.9. The van der Waals surface area contributed by atoms with Crippen molar-refractivity contribution in [2.24, 2.45) is 0 Å². The van der Waals surface area contributed by atoms with Gasteiger partial charge in [-0.3, -0.25) is 4.79 Å². The van der Waals surface area contributed by atoms with E-state index in [-0.39, 0.29) is 5.78 Å². The Labute approximate surface area is 170 Å². The predicted octanol–water partition coefficient (Wildman–Crippen LogP) is 4.27. The van der Waals surface area contributed by atoms with Gasteiger partial charge >= 0.3 is 5.97 Å². The Kier molecular flexibility index (Phi) is 5.95. The van der Waals surface area contributed by atoms with Crippen molar-refractivity contribution in [2.45, 2.75) is 26.4 Å². The molecule has 3 aromatic carbocycles. The number of Topliss-reactive ketones (excluding diaryl/α,β-unsaturated/α-hetero) is 1. The molecule has 148 valence electrons. The smallest absolute Gasteiger partial charge is 0.348 e. The highest BCUT2D eigenvalue weighted by atomic mass is 16.6. The van der Waals surface area contributed by atoms with Gasteiger partial charge < -0.3 is 9.84 Å². The fourth-order valence-electron chi connectivity index (χ4n) is 3.34. The second-order valence-corrected chi connectivity index (χ2v) is 7.19. The lowest BCUT2D eigenvalue weighted by molar-refractivity contribution is -0.160. The molecule has 0 fully saturated rings. The molecule has 0 aliphatic rings. The van der Waals surface area contributed by atoms with Crippen LogP contribution >= 0.6 is 0 Å². The molecule has 0 saturated carbocycles. The molecule has 3 rings (SSSR count). The highest BCUT2D eigenvalue weighted by Crippen LogP contribution is 2.31. The lowest BCUT2D eigenvalue weighted by Gasteiger charge is -2.27. The second kappa shape index (κ2) is 8.41. The van der Waals surface area contributed by atoms with Gasteiger partial charge in [0.15, 0.2) is 6.61 Å². The molecule has 0 spiro atoms. The first kappa shape index (κ1) is 20.5. The molecule has 0 unspecified atom stereocenters. The Balaban J connectivity index is 1.87. The average molecular weight is 388 g/mol. The molecular formula is C25H24O4. The third-order valence-electron chi connectivity index (χ3n) is 5.15. The van der Waals surface area contributed by atoms with E-state index in [0.717, 1.165) is 16.7 Å². The fraction of sp³-hybridized carbons (Fsp3) is 0.200. The summed E-state index contributed by atoms with van der Waals surface area (Å²) in [5, 5.41) is 11.4. The molecule has 4 nitrogen and oxygen atoms in total. The topological polar surface area (TPSA) is 63.6 Å². The molecular weight excluding hydrogens is 364 g/mol. The van der Waals surface area contributed by atoms with Gasteiger partial charge in [0.1, 0.15) is 0 Å². The molecule has 3 aromatic rings. The number of hydrogen-bond donors (Lipinski definition) is 1. The fourth-order valence-corrected chi connectivity index (χ4v) is 3.34. The lowest BCUT2D eigenvalue weighted by atomic mass is 9.86. The summed E-state index contributed by atoms with van der Waals surface area (Å²) in [4.78, 5) is 25.7. The number of carbonyl (C=O) groups is 2. The molecule has 29 heavy (non-hydrogen) atoms. The van der Waals surface area contributed by atoms with Crippen LogP contribution in [0.15, 0.2) is 72.8 Å². The van der Waals surface area contributed by atoms with Gasteiger partial charge in [-0.1, -0.05) is 66.7 Å². The SMILES string of the molecule is Cc1cc(C)c(C(=O)COC(=O)C(O)(c2ccccc2)c2ccccc2)cc1C. The molecule has 0 bridgehead atoms. The number of hydrogen-bond acceptors (Lipinski definition) is 4. The summed E-state index contributed by atoms with van der Waals surface area (Å²) >= 11 is 0. The van der Waals surface area contributed by atoms with Crippen LogP contribution in [-0.2, 0) is 15.1 Å². The largest absolute Gasteiger partial charge is 0.455 e. The quantitative estimate of drug-likeness (QED) is 0.506. The van der Waals surface area contributed by atoms with Gasteiger partial charge in [-0.25, -0.2) is 4.79 Å². The van der Waals surface area contributed by atoms with Crippen molar-refractivity contribution in [3.63, 3.8) is 0 Å². The van der Waals surface area contributed by atoms with Crippen LogP contribution in [0.1, 0.15) is 38.2 Å². The maximum atomic E-state index is 13.0. The molecule has 0 saturated heterocycles.